The minimum Gasteiger partial charge on any atom is -0.359 e. The van der Waals surface area contributed by atoms with Gasteiger partial charge < -0.3 is 9.80 Å². The zero-order valence-corrected chi connectivity index (χ0v) is 13.5. The summed E-state index contributed by atoms with van der Waals surface area (Å²) < 4.78 is 26.1. The van der Waals surface area contributed by atoms with Gasteiger partial charge in [-0.05, 0) is 6.08 Å². The van der Waals surface area contributed by atoms with E-state index >= 15 is 0 Å². The van der Waals surface area contributed by atoms with E-state index in [1.807, 2.05) is 12.1 Å². The van der Waals surface area contributed by atoms with E-state index in [0.717, 1.165) is 38.4 Å². The molecular formula is C14H24N4O2S+2. The first kappa shape index (κ1) is 15.9. The summed E-state index contributed by atoms with van der Waals surface area (Å²) in [5.74, 6) is 0. The molecular weight excluding hydrogens is 288 g/mol. The summed E-state index contributed by atoms with van der Waals surface area (Å²) in [6.07, 6.45) is 5.27. The molecule has 2 N–H and O–H groups in total. The van der Waals surface area contributed by atoms with Crippen LogP contribution in [0, 0.1) is 0 Å². The van der Waals surface area contributed by atoms with Crippen LogP contribution in [0.4, 0.5) is 5.69 Å². The molecule has 0 atom stereocenters. The Morgan fingerprint density at radius 3 is 2.67 bits per heavy atom. The molecule has 0 unspecified atom stereocenters. The molecule has 2 heterocycles. The number of rotatable bonds is 5. The smallest absolute Gasteiger partial charge is 0.250 e. The Kier molecular flexibility index (Phi) is 4.97. The van der Waals surface area contributed by atoms with Gasteiger partial charge in [0.05, 0.1) is 38.4 Å². The lowest BCUT2D eigenvalue weighted by atomic mass is 10.2. The lowest BCUT2D eigenvalue weighted by molar-refractivity contribution is -0.894. The Bertz CT molecular complexity index is 593. The summed E-state index contributed by atoms with van der Waals surface area (Å²) in [6, 6.07) is 1.84. The van der Waals surface area contributed by atoms with Gasteiger partial charge in [-0.25, -0.2) is 17.7 Å². The van der Waals surface area contributed by atoms with Gasteiger partial charge in [-0.15, -0.1) is 0 Å². The zero-order valence-electron chi connectivity index (χ0n) is 12.7. The molecule has 1 aliphatic heterocycles. The molecule has 1 aromatic heterocycles. The first-order valence-electron chi connectivity index (χ1n) is 7.09. The Labute approximate surface area is 126 Å². The number of sulfonamides is 1. The fraction of sp³-hybridized carbons (Fsp3) is 0.500. The number of piperazine rings is 1. The molecule has 0 radical (unpaired) electrons. The third-order valence-electron chi connectivity index (χ3n) is 3.81. The molecule has 116 valence electrons. The second-order valence-electron chi connectivity index (χ2n) is 5.41. The maximum Gasteiger partial charge on any atom is 0.250 e. The number of nitrogens with one attached hydrogen (secondary N) is 2. The molecule has 1 fully saturated rings. The zero-order chi connectivity index (χ0) is 15.5. The third kappa shape index (κ3) is 3.42. The first-order valence-corrected chi connectivity index (χ1v) is 8.53. The van der Waals surface area contributed by atoms with E-state index in [1.165, 1.54) is 9.21 Å². The molecule has 0 saturated carbocycles. The van der Waals surface area contributed by atoms with Gasteiger partial charge in [0.15, 0.2) is 17.3 Å². The van der Waals surface area contributed by atoms with Crippen LogP contribution >= 0.6 is 0 Å². The summed E-state index contributed by atoms with van der Waals surface area (Å²) in [7, 11) is -0.335. The SMILES string of the molecule is C=CC[NH+]1CCN(c2cc[nH+]cc2S(=O)(=O)N(C)C)CC1. The van der Waals surface area contributed by atoms with E-state index in [9.17, 15) is 8.42 Å². The van der Waals surface area contributed by atoms with E-state index in [1.54, 1.807) is 26.5 Å². The fourth-order valence-electron chi connectivity index (χ4n) is 2.54. The van der Waals surface area contributed by atoms with Gasteiger partial charge in [0.2, 0.25) is 0 Å². The first-order chi connectivity index (χ1) is 9.96. The van der Waals surface area contributed by atoms with E-state index < -0.39 is 10.0 Å². The Hall–Kier alpha value is -1.44. The minimum absolute atomic E-state index is 0.335. The van der Waals surface area contributed by atoms with Gasteiger partial charge in [0, 0.05) is 20.2 Å². The van der Waals surface area contributed by atoms with Crippen LogP contribution < -0.4 is 14.8 Å². The highest BCUT2D eigenvalue weighted by atomic mass is 32.2. The van der Waals surface area contributed by atoms with Crippen molar-refractivity contribution >= 4 is 15.7 Å². The summed E-state index contributed by atoms with van der Waals surface area (Å²) in [5.41, 5.74) is 0.778. The van der Waals surface area contributed by atoms with Crippen LogP contribution in [-0.4, -0.2) is 59.5 Å². The van der Waals surface area contributed by atoms with Crippen LogP contribution in [0.5, 0.6) is 0 Å². The van der Waals surface area contributed by atoms with Crippen molar-refractivity contribution in [1.82, 2.24) is 4.31 Å². The van der Waals surface area contributed by atoms with Crippen LogP contribution in [-0.2, 0) is 10.0 Å². The van der Waals surface area contributed by atoms with Crippen LogP contribution in [0.1, 0.15) is 0 Å². The summed E-state index contributed by atoms with van der Waals surface area (Å²) in [5, 5.41) is 0. The van der Waals surface area contributed by atoms with Crippen molar-refractivity contribution in [3.05, 3.63) is 31.1 Å². The van der Waals surface area contributed by atoms with Gasteiger partial charge in [-0.3, -0.25) is 0 Å². The average molecular weight is 312 g/mol. The maximum absolute atomic E-state index is 12.4. The molecule has 0 spiro atoms. The highest BCUT2D eigenvalue weighted by Gasteiger charge is 2.28. The van der Waals surface area contributed by atoms with Gasteiger partial charge in [0.25, 0.3) is 10.0 Å². The monoisotopic (exact) mass is 312 g/mol. The van der Waals surface area contributed by atoms with Crippen LogP contribution in [0.2, 0.25) is 0 Å². The van der Waals surface area contributed by atoms with Crippen LogP contribution in [0.3, 0.4) is 0 Å². The number of hydrogen-bond acceptors (Lipinski definition) is 3. The lowest BCUT2D eigenvalue weighted by Crippen LogP contribution is -3.14. The molecule has 1 aliphatic rings. The van der Waals surface area contributed by atoms with Crippen molar-refractivity contribution in [2.75, 3.05) is 51.7 Å². The fourth-order valence-corrected chi connectivity index (χ4v) is 3.62. The van der Waals surface area contributed by atoms with E-state index in [2.05, 4.69) is 16.5 Å². The van der Waals surface area contributed by atoms with E-state index in [-0.39, 0.29) is 0 Å². The maximum atomic E-state index is 12.4. The van der Waals surface area contributed by atoms with Crippen LogP contribution in [0.15, 0.2) is 36.0 Å². The standard InChI is InChI=1S/C14H22N4O2S/c1-4-7-17-8-10-18(11-9-17)13-5-6-15-12-14(13)21(19,20)16(2)3/h4-6,12H,1,7-11H2,2-3H3/p+2. The normalized spacial score (nSPS) is 17.2. The Morgan fingerprint density at radius 1 is 1.43 bits per heavy atom. The minimum atomic E-state index is -3.44. The molecule has 7 heteroatoms. The summed E-state index contributed by atoms with van der Waals surface area (Å²) in [4.78, 5) is 6.85. The number of H-pyrrole nitrogens is 1. The predicted octanol–water partition coefficient (Wildman–Crippen LogP) is -1.36. The molecule has 1 saturated heterocycles. The van der Waals surface area contributed by atoms with Gasteiger partial charge >= 0.3 is 0 Å². The number of quaternary nitrogens is 1. The van der Waals surface area contributed by atoms with Crippen molar-refractivity contribution in [1.29, 1.82) is 0 Å². The molecule has 0 aromatic carbocycles. The molecule has 0 bridgehead atoms. The van der Waals surface area contributed by atoms with Gasteiger partial charge in [-0.1, -0.05) is 6.58 Å². The topological polar surface area (TPSA) is 59.2 Å². The second kappa shape index (κ2) is 6.55. The van der Waals surface area contributed by atoms with E-state index in [4.69, 9.17) is 0 Å². The van der Waals surface area contributed by atoms with Gasteiger partial charge in [-0.2, -0.15) is 0 Å². The number of aromatic amines is 1. The lowest BCUT2D eigenvalue weighted by Gasteiger charge is -2.33. The highest BCUT2D eigenvalue weighted by Crippen LogP contribution is 2.24. The Morgan fingerprint density at radius 2 is 2.10 bits per heavy atom. The van der Waals surface area contributed by atoms with Gasteiger partial charge in [0.1, 0.15) is 0 Å². The summed E-state index contributed by atoms with van der Waals surface area (Å²) >= 11 is 0. The molecule has 6 nitrogen and oxygen atoms in total. The number of pyridine rings is 1. The number of anilines is 1. The van der Waals surface area contributed by atoms with Crippen molar-refractivity contribution in [3.63, 3.8) is 0 Å². The van der Waals surface area contributed by atoms with Crippen molar-refractivity contribution in [2.45, 2.75) is 4.90 Å². The van der Waals surface area contributed by atoms with E-state index in [0.29, 0.717) is 4.90 Å². The number of nitrogens with zero attached hydrogens (tertiary/aromatic N) is 2. The van der Waals surface area contributed by atoms with Crippen molar-refractivity contribution in [3.8, 4) is 0 Å². The number of hydrogen-bond donors (Lipinski definition) is 1. The summed E-state index contributed by atoms with van der Waals surface area (Å²) in [6.45, 7) is 8.42. The average Bonchev–Trinajstić information content (AvgIpc) is 2.48. The molecule has 2 rings (SSSR count). The largest absolute Gasteiger partial charge is 0.359 e. The highest BCUT2D eigenvalue weighted by molar-refractivity contribution is 7.89. The molecule has 0 aliphatic carbocycles. The molecule has 21 heavy (non-hydrogen) atoms. The van der Waals surface area contributed by atoms with Crippen molar-refractivity contribution < 1.29 is 18.3 Å². The molecule has 1 aromatic rings. The quantitative estimate of drug-likeness (QED) is 0.684. The third-order valence-corrected chi connectivity index (χ3v) is 5.65. The number of aromatic nitrogens is 1. The molecule has 0 amide bonds. The predicted molar refractivity (Wildman–Crippen MR) is 81.8 cm³/mol. The Balaban J connectivity index is 2.24. The second-order valence-corrected chi connectivity index (χ2v) is 7.53. The van der Waals surface area contributed by atoms with Crippen molar-refractivity contribution in [2.24, 2.45) is 0 Å². The van der Waals surface area contributed by atoms with Crippen LogP contribution in [0.25, 0.3) is 0 Å².